The van der Waals surface area contributed by atoms with Crippen molar-refractivity contribution in [2.75, 3.05) is 70.9 Å². The Hall–Kier alpha value is -4.69. The molecule has 1 amide bonds. The summed E-state index contributed by atoms with van der Waals surface area (Å²) in [6, 6.07) is 10.7. The number of methoxy groups -OCH3 is 2. The maximum absolute atomic E-state index is 13.8. The molecular weight excluding hydrogens is 530 g/mol. The minimum absolute atomic E-state index is 0.101. The summed E-state index contributed by atoms with van der Waals surface area (Å²) in [7, 11) is 3.20. The van der Waals surface area contributed by atoms with E-state index in [0.717, 1.165) is 11.4 Å². The number of nitrogens with zero attached hydrogens (tertiary/aromatic N) is 8. The van der Waals surface area contributed by atoms with Crippen LogP contribution in [-0.2, 0) is 14.3 Å². The van der Waals surface area contributed by atoms with Crippen LogP contribution in [-0.4, -0.2) is 100 Å². The number of nitrogens with two attached hydrogens (primary N) is 1. The number of carbonyl (C=O) groups excluding carboxylic acids is 1. The topological polar surface area (TPSA) is 151 Å². The first-order valence-corrected chi connectivity index (χ1v) is 13.2. The van der Waals surface area contributed by atoms with Crippen LogP contribution in [0.1, 0.15) is 6.04 Å². The first-order valence-electron chi connectivity index (χ1n) is 13.2. The first-order chi connectivity index (χ1) is 20.1. The van der Waals surface area contributed by atoms with E-state index in [-0.39, 0.29) is 18.5 Å². The third kappa shape index (κ3) is 5.14. The van der Waals surface area contributed by atoms with Gasteiger partial charge >= 0.3 is 0 Å². The number of furan rings is 1. The van der Waals surface area contributed by atoms with Crippen LogP contribution in [0.5, 0.6) is 5.75 Å². The summed E-state index contributed by atoms with van der Waals surface area (Å²) in [5.41, 5.74) is 8.23. The Labute approximate surface area is 235 Å². The van der Waals surface area contributed by atoms with E-state index in [9.17, 15) is 4.79 Å². The molecule has 41 heavy (non-hydrogen) atoms. The van der Waals surface area contributed by atoms with Gasteiger partial charge in [0.15, 0.2) is 23.1 Å². The van der Waals surface area contributed by atoms with Gasteiger partial charge in [0.2, 0.25) is 17.7 Å². The highest BCUT2D eigenvalue weighted by atomic mass is 16.5. The molecule has 14 heteroatoms. The average Bonchev–Trinajstić information content (AvgIpc) is 3.77. The summed E-state index contributed by atoms with van der Waals surface area (Å²) in [6.45, 7) is 3.66. The van der Waals surface area contributed by atoms with Gasteiger partial charge in [-0.15, -0.1) is 5.10 Å². The zero-order valence-corrected chi connectivity index (χ0v) is 22.8. The molecule has 1 unspecified atom stereocenters. The van der Waals surface area contributed by atoms with Gasteiger partial charge in [-0.25, -0.2) is 9.67 Å². The van der Waals surface area contributed by atoms with Gasteiger partial charge in [0.05, 0.1) is 31.1 Å². The van der Waals surface area contributed by atoms with Gasteiger partial charge in [-0.05, 0) is 36.4 Å². The summed E-state index contributed by atoms with van der Waals surface area (Å²) >= 11 is 0. The average molecular weight is 562 g/mol. The van der Waals surface area contributed by atoms with Crippen molar-refractivity contribution < 1.29 is 23.4 Å². The summed E-state index contributed by atoms with van der Waals surface area (Å²) in [5.74, 6) is 1.69. The molecule has 1 aromatic carbocycles. The third-order valence-corrected chi connectivity index (χ3v) is 7.05. The smallest absolute Gasteiger partial charge is 0.250 e. The van der Waals surface area contributed by atoms with Gasteiger partial charge in [0, 0.05) is 46.1 Å². The van der Waals surface area contributed by atoms with Crippen LogP contribution in [0.3, 0.4) is 0 Å². The second kappa shape index (κ2) is 11.4. The quantitative estimate of drug-likeness (QED) is 0.249. The number of nitrogen functional groups attached to an aromatic ring is 1. The van der Waals surface area contributed by atoms with Crippen molar-refractivity contribution in [3.63, 3.8) is 0 Å². The molecule has 5 heterocycles. The van der Waals surface area contributed by atoms with Crippen LogP contribution in [0.4, 0.5) is 11.6 Å². The summed E-state index contributed by atoms with van der Waals surface area (Å²) in [6.07, 6.45) is 3.17. The highest BCUT2D eigenvalue weighted by Gasteiger charge is 2.31. The number of hydrogen-bond acceptors (Lipinski definition) is 11. The largest absolute Gasteiger partial charge is 0.491 e. The molecule has 1 saturated heterocycles. The van der Waals surface area contributed by atoms with E-state index in [0.29, 0.717) is 67.7 Å². The number of fused-ring (bicyclic) bond motifs is 3. The third-order valence-electron chi connectivity index (χ3n) is 7.05. The van der Waals surface area contributed by atoms with Crippen molar-refractivity contribution in [2.45, 2.75) is 6.04 Å². The number of benzene rings is 1. The van der Waals surface area contributed by atoms with Gasteiger partial charge in [0.1, 0.15) is 12.4 Å². The zero-order valence-electron chi connectivity index (χ0n) is 22.8. The Morgan fingerprint density at radius 2 is 1.83 bits per heavy atom. The normalized spacial score (nSPS) is 14.7. The minimum atomic E-state index is -0.727. The SMILES string of the molecule is COCCOc1ccc(N2CCN(C(=O)C(COC)n3ncc4c3nc(N)n3nc(-c5ccco5)nc43)CC2)cc1. The number of amides is 1. The number of carbonyl (C=O) groups is 1. The molecule has 1 atom stereocenters. The van der Waals surface area contributed by atoms with Gasteiger partial charge in [0.25, 0.3) is 0 Å². The molecular formula is C27H31N9O5. The fraction of sp³-hybridized carbons (Fsp3) is 0.370. The molecule has 6 rings (SSSR count). The molecule has 2 N–H and O–H groups in total. The maximum atomic E-state index is 13.8. The zero-order chi connectivity index (χ0) is 28.3. The molecule has 0 radical (unpaired) electrons. The van der Waals surface area contributed by atoms with Crippen molar-refractivity contribution in [2.24, 2.45) is 0 Å². The monoisotopic (exact) mass is 561 g/mol. The second-order valence-electron chi connectivity index (χ2n) is 9.56. The van der Waals surface area contributed by atoms with E-state index in [2.05, 4.69) is 25.1 Å². The van der Waals surface area contributed by atoms with Gasteiger partial charge in [-0.3, -0.25) is 4.79 Å². The number of aromatic nitrogens is 6. The lowest BCUT2D eigenvalue weighted by Crippen LogP contribution is -2.51. The lowest BCUT2D eigenvalue weighted by Gasteiger charge is -2.37. The Morgan fingerprint density at radius 1 is 1.02 bits per heavy atom. The van der Waals surface area contributed by atoms with E-state index in [1.165, 1.54) is 4.52 Å². The van der Waals surface area contributed by atoms with Crippen LogP contribution < -0.4 is 15.4 Å². The van der Waals surface area contributed by atoms with E-state index < -0.39 is 6.04 Å². The van der Waals surface area contributed by atoms with Crippen LogP contribution >= 0.6 is 0 Å². The maximum Gasteiger partial charge on any atom is 0.250 e. The molecule has 0 aliphatic carbocycles. The van der Waals surface area contributed by atoms with Crippen molar-refractivity contribution in [1.82, 2.24) is 34.3 Å². The van der Waals surface area contributed by atoms with E-state index >= 15 is 0 Å². The number of hydrogen-bond donors (Lipinski definition) is 1. The van der Waals surface area contributed by atoms with E-state index in [1.807, 2.05) is 29.2 Å². The van der Waals surface area contributed by atoms with Gasteiger partial charge in [-0.2, -0.15) is 14.6 Å². The first kappa shape index (κ1) is 26.5. The molecule has 214 valence electrons. The van der Waals surface area contributed by atoms with Crippen LogP contribution in [0, 0.1) is 0 Å². The number of anilines is 2. The van der Waals surface area contributed by atoms with Crippen molar-refractivity contribution in [1.29, 1.82) is 0 Å². The highest BCUT2D eigenvalue weighted by Crippen LogP contribution is 2.27. The number of ether oxygens (including phenoxy) is 3. The molecule has 14 nitrogen and oxygen atoms in total. The Bertz CT molecular complexity index is 1620. The van der Waals surface area contributed by atoms with Crippen LogP contribution in [0.2, 0.25) is 0 Å². The second-order valence-corrected chi connectivity index (χ2v) is 9.56. The van der Waals surface area contributed by atoms with E-state index in [1.54, 1.807) is 43.5 Å². The number of rotatable bonds is 10. The van der Waals surface area contributed by atoms with Gasteiger partial charge < -0.3 is 34.2 Å². The molecule has 0 saturated carbocycles. The molecule has 1 aliphatic heterocycles. The molecule has 4 aromatic heterocycles. The molecule has 0 spiro atoms. The molecule has 1 aliphatic rings. The lowest BCUT2D eigenvalue weighted by molar-refractivity contribution is -0.136. The van der Waals surface area contributed by atoms with Crippen LogP contribution in [0.15, 0.2) is 53.3 Å². The van der Waals surface area contributed by atoms with Crippen molar-refractivity contribution >= 4 is 34.2 Å². The minimum Gasteiger partial charge on any atom is -0.491 e. The molecule has 0 bridgehead atoms. The fourth-order valence-corrected chi connectivity index (χ4v) is 4.96. The Balaban J connectivity index is 1.19. The van der Waals surface area contributed by atoms with Crippen molar-refractivity contribution in [3.8, 4) is 17.3 Å². The van der Waals surface area contributed by atoms with E-state index in [4.69, 9.17) is 24.4 Å². The lowest BCUT2D eigenvalue weighted by atomic mass is 10.2. The predicted octanol–water partition coefficient (Wildman–Crippen LogP) is 1.88. The van der Waals surface area contributed by atoms with Gasteiger partial charge in [-0.1, -0.05) is 0 Å². The summed E-state index contributed by atoms with van der Waals surface area (Å²) in [5, 5.41) is 9.56. The Morgan fingerprint density at radius 3 is 2.54 bits per heavy atom. The molecule has 5 aromatic rings. The fourth-order valence-electron chi connectivity index (χ4n) is 4.96. The standard InChI is InChI=1S/C27H31N9O5/c1-38-14-15-40-19-7-5-18(6-8-19)33-9-11-34(12-10-33)26(37)21(17-39-2)35-25-20(16-29-35)24-30-23(22-4-3-13-41-22)32-36(24)27(28)31-25/h3-8,13,16,21H,9-12,14-15,17H2,1-2H3,(H2,28,31). The Kier molecular flexibility index (Phi) is 7.39. The van der Waals surface area contributed by atoms with Crippen molar-refractivity contribution in [3.05, 3.63) is 48.9 Å². The summed E-state index contributed by atoms with van der Waals surface area (Å²) < 4.78 is 24.6. The highest BCUT2D eigenvalue weighted by molar-refractivity contribution is 5.92. The number of piperazine rings is 1. The predicted molar refractivity (Wildman–Crippen MR) is 150 cm³/mol. The van der Waals surface area contributed by atoms with Crippen LogP contribution in [0.25, 0.3) is 28.3 Å². The molecule has 1 fully saturated rings. The summed E-state index contributed by atoms with van der Waals surface area (Å²) in [4.78, 5) is 27.0.